The molecule has 1 amide bonds. The van der Waals surface area contributed by atoms with Crippen molar-refractivity contribution in [2.45, 2.75) is 38.5 Å². The molecule has 4 rings (SSSR count). The molecule has 1 unspecified atom stereocenters. The standard InChI is InChI=1S/C26H35N5O/c1-20-8-7-16-31-24(19-28-26(20)31)23(21-9-11-22(12-10-21)29(2)3)18-25(32)27-13-17-30-14-5-4-6-15-30/h7-12,16,19,23H,4-6,13-15,17-18H2,1-3H3,(H,27,32). The fourth-order valence-electron chi connectivity index (χ4n) is 4.62. The third kappa shape index (κ3) is 5.13. The number of fused-ring (bicyclic) bond motifs is 1. The number of rotatable bonds is 8. The van der Waals surface area contributed by atoms with Crippen LogP contribution in [0.25, 0.3) is 5.65 Å². The molecule has 6 heteroatoms. The minimum Gasteiger partial charge on any atom is -0.378 e. The van der Waals surface area contributed by atoms with Crippen LogP contribution in [-0.2, 0) is 4.79 Å². The SMILES string of the molecule is Cc1cccn2c(C(CC(=O)NCCN3CCCCC3)c3ccc(N(C)C)cc3)cnc12. The lowest BCUT2D eigenvalue weighted by Crippen LogP contribution is -2.38. The van der Waals surface area contributed by atoms with Gasteiger partial charge >= 0.3 is 0 Å². The van der Waals surface area contributed by atoms with E-state index in [4.69, 9.17) is 0 Å². The van der Waals surface area contributed by atoms with Gasteiger partial charge in [0.25, 0.3) is 0 Å². The summed E-state index contributed by atoms with van der Waals surface area (Å²) in [6, 6.07) is 12.6. The summed E-state index contributed by atoms with van der Waals surface area (Å²) in [5.41, 5.74) is 5.40. The van der Waals surface area contributed by atoms with E-state index in [1.165, 1.54) is 19.3 Å². The van der Waals surface area contributed by atoms with Crippen LogP contribution < -0.4 is 10.2 Å². The number of imidazole rings is 1. The Morgan fingerprint density at radius 1 is 1.12 bits per heavy atom. The highest BCUT2D eigenvalue weighted by Gasteiger charge is 2.22. The van der Waals surface area contributed by atoms with Gasteiger partial charge in [-0.1, -0.05) is 24.6 Å². The zero-order valence-corrected chi connectivity index (χ0v) is 19.6. The maximum absolute atomic E-state index is 13.0. The van der Waals surface area contributed by atoms with Crippen molar-refractivity contribution >= 4 is 17.2 Å². The topological polar surface area (TPSA) is 52.9 Å². The fraction of sp³-hybridized carbons (Fsp3) is 0.462. The number of hydrogen-bond donors (Lipinski definition) is 1. The normalized spacial score (nSPS) is 15.6. The number of aromatic nitrogens is 2. The monoisotopic (exact) mass is 433 g/mol. The van der Waals surface area contributed by atoms with Gasteiger partial charge in [-0.05, 0) is 62.2 Å². The molecule has 1 saturated heterocycles. The largest absolute Gasteiger partial charge is 0.378 e. The zero-order chi connectivity index (χ0) is 22.5. The van der Waals surface area contributed by atoms with Crippen LogP contribution in [0.15, 0.2) is 48.8 Å². The van der Waals surface area contributed by atoms with Gasteiger partial charge in [0.2, 0.25) is 5.91 Å². The van der Waals surface area contributed by atoms with Gasteiger partial charge in [0, 0.05) is 57.6 Å². The molecular weight excluding hydrogens is 398 g/mol. The van der Waals surface area contributed by atoms with E-state index < -0.39 is 0 Å². The highest BCUT2D eigenvalue weighted by Crippen LogP contribution is 2.30. The Bertz CT molecular complexity index is 1030. The number of carbonyl (C=O) groups is 1. The molecule has 6 nitrogen and oxygen atoms in total. The molecular formula is C26H35N5O. The lowest BCUT2D eigenvalue weighted by Gasteiger charge is -2.26. The number of aryl methyl sites for hydroxylation is 1. The molecule has 0 bridgehead atoms. The first-order valence-electron chi connectivity index (χ1n) is 11.7. The molecule has 32 heavy (non-hydrogen) atoms. The maximum atomic E-state index is 13.0. The number of hydrogen-bond acceptors (Lipinski definition) is 4. The average molecular weight is 434 g/mol. The van der Waals surface area contributed by atoms with Crippen LogP contribution in [-0.4, -0.2) is 60.5 Å². The maximum Gasteiger partial charge on any atom is 0.221 e. The Balaban J connectivity index is 1.53. The first kappa shape index (κ1) is 22.3. The van der Waals surface area contributed by atoms with Crippen molar-refractivity contribution in [3.63, 3.8) is 0 Å². The molecule has 0 aliphatic carbocycles. The van der Waals surface area contributed by atoms with E-state index >= 15 is 0 Å². The van der Waals surface area contributed by atoms with E-state index in [1.807, 2.05) is 32.6 Å². The Morgan fingerprint density at radius 3 is 2.59 bits per heavy atom. The minimum atomic E-state index is -0.0574. The number of likely N-dealkylation sites (tertiary alicyclic amines) is 1. The van der Waals surface area contributed by atoms with E-state index in [1.54, 1.807) is 0 Å². The highest BCUT2D eigenvalue weighted by molar-refractivity contribution is 5.77. The van der Waals surface area contributed by atoms with Gasteiger partial charge in [-0.3, -0.25) is 4.79 Å². The number of pyridine rings is 1. The summed E-state index contributed by atoms with van der Waals surface area (Å²) in [5.74, 6) is 0.0318. The van der Waals surface area contributed by atoms with Crippen molar-refractivity contribution in [3.8, 4) is 0 Å². The van der Waals surface area contributed by atoms with Crippen molar-refractivity contribution in [1.29, 1.82) is 0 Å². The summed E-state index contributed by atoms with van der Waals surface area (Å²) < 4.78 is 2.13. The van der Waals surface area contributed by atoms with Crippen molar-refractivity contribution in [1.82, 2.24) is 19.6 Å². The molecule has 1 atom stereocenters. The van der Waals surface area contributed by atoms with Crippen molar-refractivity contribution in [2.75, 3.05) is 45.2 Å². The molecule has 1 fully saturated rings. The van der Waals surface area contributed by atoms with Crippen molar-refractivity contribution < 1.29 is 4.79 Å². The second-order valence-electron chi connectivity index (χ2n) is 9.06. The quantitative estimate of drug-likeness (QED) is 0.587. The summed E-state index contributed by atoms with van der Waals surface area (Å²) in [6.07, 6.45) is 8.24. The van der Waals surface area contributed by atoms with E-state index in [2.05, 4.69) is 61.8 Å². The van der Waals surface area contributed by atoms with Crippen LogP contribution in [0.1, 0.15) is 48.4 Å². The smallest absolute Gasteiger partial charge is 0.221 e. The van der Waals surface area contributed by atoms with Crippen LogP contribution in [0.5, 0.6) is 0 Å². The molecule has 3 heterocycles. The van der Waals surface area contributed by atoms with Gasteiger partial charge in [0.05, 0.1) is 5.69 Å². The molecule has 1 aliphatic rings. The second kappa shape index (κ2) is 10.2. The molecule has 3 aromatic rings. The molecule has 2 aromatic heterocycles. The van der Waals surface area contributed by atoms with E-state index in [-0.39, 0.29) is 11.8 Å². The van der Waals surface area contributed by atoms with Crippen LogP contribution in [0.2, 0.25) is 0 Å². The number of carbonyl (C=O) groups excluding carboxylic acids is 1. The van der Waals surface area contributed by atoms with Gasteiger partial charge < -0.3 is 19.5 Å². The molecule has 1 N–H and O–H groups in total. The molecule has 0 radical (unpaired) electrons. The molecule has 0 spiro atoms. The lowest BCUT2D eigenvalue weighted by atomic mass is 9.92. The van der Waals surface area contributed by atoms with Crippen LogP contribution in [0.4, 0.5) is 5.69 Å². The number of amides is 1. The van der Waals surface area contributed by atoms with E-state index in [9.17, 15) is 4.79 Å². The highest BCUT2D eigenvalue weighted by atomic mass is 16.1. The fourth-order valence-corrected chi connectivity index (χ4v) is 4.62. The Labute approximate surface area is 191 Å². The number of nitrogens with zero attached hydrogens (tertiary/aromatic N) is 4. The van der Waals surface area contributed by atoms with Gasteiger partial charge in [0.15, 0.2) is 0 Å². The molecule has 170 valence electrons. The number of benzene rings is 1. The number of nitrogens with one attached hydrogen (secondary N) is 1. The summed E-state index contributed by atoms with van der Waals surface area (Å²) in [6.45, 7) is 6.01. The van der Waals surface area contributed by atoms with Gasteiger partial charge in [-0.2, -0.15) is 0 Å². The Morgan fingerprint density at radius 2 is 1.88 bits per heavy atom. The predicted octanol–water partition coefficient (Wildman–Crippen LogP) is 3.83. The summed E-state index contributed by atoms with van der Waals surface area (Å²) in [5, 5.41) is 3.16. The van der Waals surface area contributed by atoms with E-state index in [0.717, 1.165) is 47.8 Å². The van der Waals surface area contributed by atoms with Crippen molar-refractivity contribution in [3.05, 3.63) is 65.6 Å². The molecule has 1 aromatic carbocycles. The number of anilines is 1. The zero-order valence-electron chi connectivity index (χ0n) is 19.6. The third-order valence-electron chi connectivity index (χ3n) is 6.52. The average Bonchev–Trinajstić information content (AvgIpc) is 3.23. The first-order valence-corrected chi connectivity index (χ1v) is 11.7. The Hall–Kier alpha value is -2.86. The first-order chi connectivity index (χ1) is 15.5. The summed E-state index contributed by atoms with van der Waals surface area (Å²) >= 11 is 0. The lowest BCUT2D eigenvalue weighted by molar-refractivity contribution is -0.121. The van der Waals surface area contributed by atoms with Crippen LogP contribution in [0, 0.1) is 6.92 Å². The summed E-state index contributed by atoms with van der Waals surface area (Å²) in [7, 11) is 4.07. The predicted molar refractivity (Wildman–Crippen MR) is 130 cm³/mol. The van der Waals surface area contributed by atoms with Gasteiger partial charge in [0.1, 0.15) is 5.65 Å². The van der Waals surface area contributed by atoms with Gasteiger partial charge in [-0.15, -0.1) is 0 Å². The van der Waals surface area contributed by atoms with Gasteiger partial charge in [-0.25, -0.2) is 4.98 Å². The van der Waals surface area contributed by atoms with E-state index in [0.29, 0.717) is 13.0 Å². The molecule has 1 aliphatic heterocycles. The number of piperidine rings is 1. The summed E-state index contributed by atoms with van der Waals surface area (Å²) in [4.78, 5) is 22.2. The van der Waals surface area contributed by atoms with Crippen LogP contribution >= 0.6 is 0 Å². The Kier molecular flexibility index (Phi) is 7.10. The molecule has 0 saturated carbocycles. The minimum absolute atomic E-state index is 0.0574. The van der Waals surface area contributed by atoms with Crippen molar-refractivity contribution in [2.24, 2.45) is 0 Å². The third-order valence-corrected chi connectivity index (χ3v) is 6.52. The second-order valence-corrected chi connectivity index (χ2v) is 9.06. The van der Waals surface area contributed by atoms with Crippen LogP contribution in [0.3, 0.4) is 0 Å².